The Morgan fingerprint density at radius 1 is 1.25 bits per heavy atom. The fourth-order valence-electron chi connectivity index (χ4n) is 2.71. The van der Waals surface area contributed by atoms with E-state index in [1.165, 1.54) is 12.1 Å². The third-order valence-corrected chi connectivity index (χ3v) is 3.97. The first-order valence-corrected chi connectivity index (χ1v) is 7.61. The first kappa shape index (κ1) is 16.4. The smallest absolute Gasteiger partial charge is 0.336 e. The molecule has 1 aromatic carbocycles. The normalized spacial score (nSPS) is 18.7. The van der Waals surface area contributed by atoms with Crippen LogP contribution in [0.2, 0.25) is 0 Å². The zero-order chi connectivity index (χ0) is 17.3. The molecule has 1 aromatic heterocycles. The first-order chi connectivity index (χ1) is 11.3. The van der Waals surface area contributed by atoms with Crippen molar-refractivity contribution in [3.05, 3.63) is 35.7 Å². The van der Waals surface area contributed by atoms with Crippen molar-refractivity contribution in [1.82, 2.24) is 25.1 Å². The maximum absolute atomic E-state index is 12.6. The van der Waals surface area contributed by atoms with Gasteiger partial charge in [0.1, 0.15) is 0 Å². The summed E-state index contributed by atoms with van der Waals surface area (Å²) in [7, 11) is 0. The molecule has 1 fully saturated rings. The molecule has 0 saturated carbocycles. The van der Waals surface area contributed by atoms with E-state index < -0.39 is 11.7 Å². The van der Waals surface area contributed by atoms with Gasteiger partial charge in [0.05, 0.1) is 11.3 Å². The van der Waals surface area contributed by atoms with E-state index >= 15 is 0 Å². The molecule has 0 N–H and O–H groups in total. The van der Waals surface area contributed by atoms with Crippen LogP contribution in [-0.2, 0) is 6.18 Å². The monoisotopic (exact) mass is 339 g/mol. The number of hydrogen-bond donors (Lipinski definition) is 0. The van der Waals surface area contributed by atoms with E-state index in [2.05, 4.69) is 22.3 Å². The van der Waals surface area contributed by atoms with Gasteiger partial charge in [-0.2, -0.15) is 13.2 Å². The molecule has 128 valence electrons. The minimum Gasteiger partial charge on any atom is -0.336 e. The van der Waals surface area contributed by atoms with E-state index in [-0.39, 0.29) is 11.7 Å². The van der Waals surface area contributed by atoms with Gasteiger partial charge in [-0.1, -0.05) is 6.92 Å². The molecule has 0 unspecified atom stereocenters. The van der Waals surface area contributed by atoms with Gasteiger partial charge in [-0.25, -0.2) is 0 Å². The standard InChI is InChI=1S/C15H16F3N5O/c1-10-3-2-8-22(9-10)14(24)13-19-21-23(20-13)12-6-4-11(5-7-12)15(16,17)18/h4-7,10H,2-3,8-9H2,1H3/t10-/m1/s1. The molecule has 0 aliphatic carbocycles. The number of alkyl halides is 3. The number of carbonyl (C=O) groups is 1. The number of halogens is 3. The van der Waals surface area contributed by atoms with Crippen LogP contribution in [-0.4, -0.2) is 44.1 Å². The molecule has 1 saturated heterocycles. The lowest BCUT2D eigenvalue weighted by molar-refractivity contribution is -0.137. The maximum Gasteiger partial charge on any atom is 0.416 e. The number of aromatic nitrogens is 4. The summed E-state index contributed by atoms with van der Waals surface area (Å²) in [5.41, 5.74) is -0.452. The summed E-state index contributed by atoms with van der Waals surface area (Å²) in [6.45, 7) is 3.37. The molecule has 24 heavy (non-hydrogen) atoms. The van der Waals surface area contributed by atoms with Crippen LogP contribution in [0.25, 0.3) is 5.69 Å². The molecule has 0 radical (unpaired) electrons. The number of nitrogens with zero attached hydrogens (tertiary/aromatic N) is 5. The second-order valence-corrected chi connectivity index (χ2v) is 5.95. The highest BCUT2D eigenvalue weighted by Crippen LogP contribution is 2.29. The van der Waals surface area contributed by atoms with Crippen LogP contribution in [0.5, 0.6) is 0 Å². The fraction of sp³-hybridized carbons (Fsp3) is 0.467. The number of amides is 1. The van der Waals surface area contributed by atoms with Crippen molar-refractivity contribution in [2.24, 2.45) is 5.92 Å². The highest BCUT2D eigenvalue weighted by atomic mass is 19.4. The predicted octanol–water partition coefficient (Wildman–Crippen LogP) is 2.55. The summed E-state index contributed by atoms with van der Waals surface area (Å²) in [6.07, 6.45) is -2.39. The van der Waals surface area contributed by atoms with Gasteiger partial charge in [-0.3, -0.25) is 4.79 Å². The quantitative estimate of drug-likeness (QED) is 0.843. The minimum atomic E-state index is -4.40. The van der Waals surface area contributed by atoms with Gasteiger partial charge in [0.25, 0.3) is 11.7 Å². The summed E-state index contributed by atoms with van der Waals surface area (Å²) < 4.78 is 37.7. The summed E-state index contributed by atoms with van der Waals surface area (Å²) in [5.74, 6) is 0.0661. The molecular weight excluding hydrogens is 323 g/mol. The average molecular weight is 339 g/mol. The van der Waals surface area contributed by atoms with Crippen molar-refractivity contribution in [3.63, 3.8) is 0 Å². The van der Waals surface area contributed by atoms with Crippen LogP contribution in [0, 0.1) is 5.92 Å². The van der Waals surface area contributed by atoms with Gasteiger partial charge in [0.2, 0.25) is 0 Å². The summed E-state index contributed by atoms with van der Waals surface area (Å²) in [4.78, 5) is 15.1. The number of piperidine rings is 1. The summed E-state index contributed by atoms with van der Waals surface area (Å²) in [6, 6.07) is 4.35. The van der Waals surface area contributed by atoms with Crippen LogP contribution >= 0.6 is 0 Å². The van der Waals surface area contributed by atoms with E-state index in [9.17, 15) is 18.0 Å². The zero-order valence-corrected chi connectivity index (χ0v) is 13.0. The lowest BCUT2D eigenvalue weighted by atomic mass is 10.0. The van der Waals surface area contributed by atoms with Crippen LogP contribution < -0.4 is 0 Å². The Morgan fingerprint density at radius 3 is 2.58 bits per heavy atom. The van der Waals surface area contributed by atoms with Crippen molar-refractivity contribution in [1.29, 1.82) is 0 Å². The van der Waals surface area contributed by atoms with Gasteiger partial charge < -0.3 is 4.90 Å². The first-order valence-electron chi connectivity index (χ1n) is 7.61. The fourth-order valence-corrected chi connectivity index (χ4v) is 2.71. The largest absolute Gasteiger partial charge is 0.416 e. The number of hydrogen-bond acceptors (Lipinski definition) is 4. The van der Waals surface area contributed by atoms with Crippen LogP contribution in [0.3, 0.4) is 0 Å². The molecule has 1 aliphatic rings. The van der Waals surface area contributed by atoms with Gasteiger partial charge in [0.15, 0.2) is 0 Å². The molecule has 1 amide bonds. The van der Waals surface area contributed by atoms with Crippen molar-refractivity contribution in [2.75, 3.05) is 13.1 Å². The third kappa shape index (κ3) is 3.39. The molecule has 2 aromatic rings. The molecule has 2 heterocycles. The molecular formula is C15H16F3N5O. The van der Waals surface area contributed by atoms with E-state index in [4.69, 9.17) is 0 Å². The van der Waals surface area contributed by atoms with Gasteiger partial charge in [0, 0.05) is 13.1 Å². The summed E-state index contributed by atoms with van der Waals surface area (Å²) >= 11 is 0. The topological polar surface area (TPSA) is 63.9 Å². The van der Waals surface area contributed by atoms with Gasteiger partial charge in [-0.05, 0) is 48.2 Å². The van der Waals surface area contributed by atoms with Crippen LogP contribution in [0.15, 0.2) is 24.3 Å². The van der Waals surface area contributed by atoms with Crippen molar-refractivity contribution in [2.45, 2.75) is 25.9 Å². The Balaban J connectivity index is 1.76. The highest BCUT2D eigenvalue weighted by Gasteiger charge is 2.30. The van der Waals surface area contributed by atoms with Crippen molar-refractivity contribution < 1.29 is 18.0 Å². The molecule has 0 bridgehead atoms. The highest BCUT2D eigenvalue weighted by molar-refractivity contribution is 5.90. The van der Waals surface area contributed by atoms with E-state index in [1.807, 2.05) is 0 Å². The molecule has 3 rings (SSSR count). The third-order valence-electron chi connectivity index (χ3n) is 3.97. The Labute approximate surface area is 136 Å². The van der Waals surface area contributed by atoms with E-state index in [1.54, 1.807) is 4.90 Å². The number of carbonyl (C=O) groups excluding carboxylic acids is 1. The number of benzene rings is 1. The number of tetrazole rings is 1. The van der Waals surface area contributed by atoms with E-state index in [0.29, 0.717) is 24.7 Å². The lowest BCUT2D eigenvalue weighted by Crippen LogP contribution is -2.39. The van der Waals surface area contributed by atoms with Crippen molar-refractivity contribution in [3.8, 4) is 5.69 Å². The second kappa shape index (κ2) is 6.21. The van der Waals surface area contributed by atoms with Gasteiger partial charge in [-0.15, -0.1) is 15.0 Å². The molecule has 6 nitrogen and oxygen atoms in total. The molecule has 9 heteroatoms. The lowest BCUT2D eigenvalue weighted by Gasteiger charge is -2.29. The zero-order valence-electron chi connectivity index (χ0n) is 13.0. The Bertz CT molecular complexity index is 725. The van der Waals surface area contributed by atoms with Gasteiger partial charge >= 0.3 is 6.18 Å². The molecule has 0 spiro atoms. The Morgan fingerprint density at radius 2 is 1.96 bits per heavy atom. The minimum absolute atomic E-state index is 0.0519. The van der Waals surface area contributed by atoms with Crippen LogP contribution in [0.1, 0.15) is 35.9 Å². The predicted molar refractivity (Wildman–Crippen MR) is 78.5 cm³/mol. The van der Waals surface area contributed by atoms with Crippen molar-refractivity contribution >= 4 is 5.91 Å². The SMILES string of the molecule is C[C@@H]1CCCN(C(=O)c2nnn(-c3ccc(C(F)(F)F)cc3)n2)C1. The average Bonchev–Trinajstić information content (AvgIpc) is 3.03. The maximum atomic E-state index is 12.6. The molecule has 1 aliphatic heterocycles. The van der Waals surface area contributed by atoms with E-state index in [0.717, 1.165) is 29.8 Å². The molecule has 1 atom stereocenters. The Hall–Kier alpha value is -2.45. The summed E-state index contributed by atoms with van der Waals surface area (Å²) in [5, 5.41) is 11.5. The Kier molecular flexibility index (Phi) is 4.25. The van der Waals surface area contributed by atoms with Crippen LogP contribution in [0.4, 0.5) is 13.2 Å². The second-order valence-electron chi connectivity index (χ2n) is 5.95. The number of likely N-dealkylation sites (tertiary alicyclic amines) is 1. The number of rotatable bonds is 2.